The predicted molar refractivity (Wildman–Crippen MR) is 100 cm³/mol. The Balaban J connectivity index is 1.46. The zero-order chi connectivity index (χ0) is 18.4. The van der Waals surface area contributed by atoms with Crippen molar-refractivity contribution in [3.63, 3.8) is 0 Å². The number of hydrogen-bond donors (Lipinski definition) is 1. The van der Waals surface area contributed by atoms with E-state index in [1.165, 1.54) is 17.3 Å². The van der Waals surface area contributed by atoms with E-state index < -0.39 is 0 Å². The smallest absolute Gasteiger partial charge is 0.277 e. The lowest BCUT2D eigenvalue weighted by molar-refractivity contribution is -0.113. The number of amides is 1. The second-order valence-electron chi connectivity index (χ2n) is 5.70. The molecule has 0 spiro atoms. The van der Waals surface area contributed by atoms with E-state index in [9.17, 15) is 4.79 Å². The van der Waals surface area contributed by atoms with Gasteiger partial charge in [0.2, 0.25) is 5.91 Å². The monoisotopic (exact) mass is 369 g/mol. The number of carbonyl (C=O) groups is 1. The van der Waals surface area contributed by atoms with Crippen LogP contribution in [-0.4, -0.2) is 21.9 Å². The molecule has 3 rings (SSSR count). The molecule has 0 fully saturated rings. The van der Waals surface area contributed by atoms with E-state index in [0.29, 0.717) is 11.1 Å². The first-order valence-electron chi connectivity index (χ1n) is 8.10. The van der Waals surface area contributed by atoms with Crippen molar-refractivity contribution >= 4 is 23.4 Å². The van der Waals surface area contributed by atoms with Crippen LogP contribution in [-0.2, 0) is 11.4 Å². The number of nitrogens with zero attached hydrogens (tertiary/aromatic N) is 2. The van der Waals surface area contributed by atoms with E-state index in [2.05, 4.69) is 15.5 Å². The number of rotatable bonds is 7. The molecule has 0 atom stereocenters. The van der Waals surface area contributed by atoms with E-state index in [4.69, 9.17) is 9.15 Å². The third-order valence-corrected chi connectivity index (χ3v) is 4.49. The summed E-state index contributed by atoms with van der Waals surface area (Å²) in [5, 5.41) is 11.0. The molecule has 1 amide bonds. The van der Waals surface area contributed by atoms with Crippen LogP contribution in [0.3, 0.4) is 0 Å². The van der Waals surface area contributed by atoms with Gasteiger partial charge < -0.3 is 14.5 Å². The molecule has 1 heterocycles. The third-order valence-electron chi connectivity index (χ3n) is 3.67. The van der Waals surface area contributed by atoms with Crippen molar-refractivity contribution in [2.75, 3.05) is 11.1 Å². The lowest BCUT2D eigenvalue weighted by Gasteiger charge is -2.06. The van der Waals surface area contributed by atoms with Gasteiger partial charge in [-0.2, -0.15) is 0 Å². The fraction of sp³-hybridized carbons (Fsp3) is 0.211. The summed E-state index contributed by atoms with van der Waals surface area (Å²) < 4.78 is 11.0. The Morgan fingerprint density at radius 2 is 1.92 bits per heavy atom. The van der Waals surface area contributed by atoms with Gasteiger partial charge in [-0.05, 0) is 49.2 Å². The quantitative estimate of drug-likeness (QED) is 0.635. The molecule has 0 unspecified atom stereocenters. The second kappa shape index (κ2) is 8.53. The number of ether oxygens (including phenoxy) is 1. The molecule has 2 aromatic carbocycles. The molecular formula is C19H19N3O3S. The van der Waals surface area contributed by atoms with E-state index >= 15 is 0 Å². The molecule has 0 bridgehead atoms. The number of anilines is 1. The van der Waals surface area contributed by atoms with Gasteiger partial charge in [-0.25, -0.2) is 0 Å². The van der Waals surface area contributed by atoms with Gasteiger partial charge in [0.25, 0.3) is 11.1 Å². The first-order chi connectivity index (χ1) is 12.6. The van der Waals surface area contributed by atoms with Crippen LogP contribution < -0.4 is 10.1 Å². The van der Waals surface area contributed by atoms with Gasteiger partial charge in [0.15, 0.2) is 6.61 Å². The average molecular weight is 369 g/mol. The van der Waals surface area contributed by atoms with E-state index in [-0.39, 0.29) is 18.3 Å². The zero-order valence-corrected chi connectivity index (χ0v) is 15.4. The van der Waals surface area contributed by atoms with Crippen molar-refractivity contribution in [1.29, 1.82) is 0 Å². The molecule has 7 heteroatoms. The Kier molecular flexibility index (Phi) is 5.91. The minimum atomic E-state index is -0.126. The highest BCUT2D eigenvalue weighted by atomic mass is 32.2. The number of aryl methyl sites for hydroxylation is 2. The molecule has 6 nitrogen and oxygen atoms in total. The van der Waals surface area contributed by atoms with Crippen molar-refractivity contribution < 1.29 is 13.9 Å². The second-order valence-corrected chi connectivity index (χ2v) is 6.63. The number of aromatic nitrogens is 2. The summed E-state index contributed by atoms with van der Waals surface area (Å²) >= 11 is 1.19. The molecule has 0 saturated heterocycles. The molecule has 1 N–H and O–H groups in total. The summed E-state index contributed by atoms with van der Waals surface area (Å²) in [6.07, 6.45) is 0. The highest BCUT2D eigenvalue weighted by Gasteiger charge is 2.11. The van der Waals surface area contributed by atoms with E-state index in [0.717, 1.165) is 17.0 Å². The van der Waals surface area contributed by atoms with Gasteiger partial charge in [0.1, 0.15) is 5.75 Å². The largest absolute Gasteiger partial charge is 0.484 e. The summed E-state index contributed by atoms with van der Waals surface area (Å²) in [6, 6.07) is 15.2. The maximum atomic E-state index is 12.1. The van der Waals surface area contributed by atoms with Crippen LogP contribution in [0.2, 0.25) is 0 Å². The average Bonchev–Trinajstić information content (AvgIpc) is 3.10. The lowest BCUT2D eigenvalue weighted by Crippen LogP contribution is -2.14. The molecule has 0 aliphatic carbocycles. The van der Waals surface area contributed by atoms with Gasteiger partial charge in [-0.15, -0.1) is 10.2 Å². The number of nitrogens with one attached hydrogen (secondary N) is 1. The normalized spacial score (nSPS) is 10.5. The molecule has 0 aliphatic heterocycles. The number of thioether (sulfide) groups is 1. The molecule has 0 radical (unpaired) electrons. The van der Waals surface area contributed by atoms with Crippen LogP contribution >= 0.6 is 11.8 Å². The highest BCUT2D eigenvalue weighted by molar-refractivity contribution is 7.99. The summed E-state index contributed by atoms with van der Waals surface area (Å²) in [5.74, 6) is 1.16. The summed E-state index contributed by atoms with van der Waals surface area (Å²) in [5.41, 5.74) is 3.10. The minimum absolute atomic E-state index is 0.126. The number of benzene rings is 2. The van der Waals surface area contributed by atoms with Gasteiger partial charge >= 0.3 is 0 Å². The molecule has 0 aliphatic rings. The maximum Gasteiger partial charge on any atom is 0.277 e. The first kappa shape index (κ1) is 18.0. The highest BCUT2D eigenvalue weighted by Crippen LogP contribution is 2.19. The Morgan fingerprint density at radius 3 is 2.69 bits per heavy atom. The number of para-hydroxylation sites is 1. The molecular weight excluding hydrogens is 350 g/mol. The Hall–Kier alpha value is -2.80. The Bertz CT molecular complexity index is 881. The molecule has 0 saturated carbocycles. The van der Waals surface area contributed by atoms with Crippen molar-refractivity contribution in [3.05, 3.63) is 65.5 Å². The minimum Gasteiger partial charge on any atom is -0.484 e. The third kappa shape index (κ3) is 5.10. The Morgan fingerprint density at radius 1 is 1.12 bits per heavy atom. The summed E-state index contributed by atoms with van der Waals surface area (Å²) in [4.78, 5) is 12.1. The lowest BCUT2D eigenvalue weighted by atomic mass is 10.1. The zero-order valence-electron chi connectivity index (χ0n) is 14.6. The maximum absolute atomic E-state index is 12.1. The SMILES string of the molecule is Cc1ccc(NC(=O)CSc2nnc(COc3ccccc3)o2)cc1C. The summed E-state index contributed by atoms with van der Waals surface area (Å²) in [6.45, 7) is 4.23. The van der Waals surface area contributed by atoms with Crippen LogP contribution in [0.15, 0.2) is 58.2 Å². The van der Waals surface area contributed by atoms with Crippen molar-refractivity contribution in [1.82, 2.24) is 10.2 Å². The van der Waals surface area contributed by atoms with Crippen LogP contribution in [0, 0.1) is 13.8 Å². The molecule has 26 heavy (non-hydrogen) atoms. The number of carbonyl (C=O) groups excluding carboxylic acids is 1. The molecule has 134 valence electrons. The van der Waals surface area contributed by atoms with Gasteiger partial charge in [-0.1, -0.05) is 36.0 Å². The van der Waals surface area contributed by atoms with Crippen molar-refractivity contribution in [2.24, 2.45) is 0 Å². The first-order valence-corrected chi connectivity index (χ1v) is 9.09. The summed E-state index contributed by atoms with van der Waals surface area (Å²) in [7, 11) is 0. The topological polar surface area (TPSA) is 77.2 Å². The van der Waals surface area contributed by atoms with E-state index in [1.54, 1.807) is 0 Å². The van der Waals surface area contributed by atoms with Crippen LogP contribution in [0.25, 0.3) is 0 Å². The Labute approximate surface area is 156 Å². The fourth-order valence-corrected chi connectivity index (χ4v) is 2.74. The predicted octanol–water partition coefficient (Wildman–Crippen LogP) is 4.00. The standard InChI is InChI=1S/C19H19N3O3S/c1-13-8-9-15(10-14(13)2)20-17(23)12-26-19-22-21-18(25-19)11-24-16-6-4-3-5-7-16/h3-10H,11-12H2,1-2H3,(H,20,23). The van der Waals surface area contributed by atoms with Crippen LogP contribution in [0.4, 0.5) is 5.69 Å². The van der Waals surface area contributed by atoms with Crippen molar-refractivity contribution in [3.8, 4) is 5.75 Å². The van der Waals surface area contributed by atoms with Gasteiger partial charge in [0, 0.05) is 5.69 Å². The van der Waals surface area contributed by atoms with Crippen LogP contribution in [0.5, 0.6) is 5.75 Å². The van der Waals surface area contributed by atoms with Crippen molar-refractivity contribution in [2.45, 2.75) is 25.7 Å². The van der Waals surface area contributed by atoms with Crippen LogP contribution in [0.1, 0.15) is 17.0 Å². The van der Waals surface area contributed by atoms with E-state index in [1.807, 2.05) is 62.4 Å². The molecule has 3 aromatic rings. The number of hydrogen-bond acceptors (Lipinski definition) is 6. The fourth-order valence-electron chi connectivity index (χ4n) is 2.16. The van der Waals surface area contributed by atoms with Gasteiger partial charge in [0.05, 0.1) is 5.75 Å². The van der Waals surface area contributed by atoms with Gasteiger partial charge in [-0.3, -0.25) is 4.79 Å². The molecule has 1 aromatic heterocycles.